The predicted molar refractivity (Wildman–Crippen MR) is 95.8 cm³/mol. The second-order valence-corrected chi connectivity index (χ2v) is 6.01. The van der Waals surface area contributed by atoms with Gasteiger partial charge in [-0.3, -0.25) is 5.21 Å². The standard InChI is InChI=1S/C19H23N3O2/c1-20-19(23)22(24)17-9-10-18-16(14-17)11-13-21(18)12-5-8-15-6-3-2-4-7-15/h2-4,6-7,9-10,14,24H,5,8,11-13H2,1H3,(H,20,23). The van der Waals surface area contributed by atoms with E-state index in [9.17, 15) is 10.0 Å². The summed E-state index contributed by atoms with van der Waals surface area (Å²) in [5, 5.41) is 12.9. The number of amides is 2. The minimum Gasteiger partial charge on any atom is -0.371 e. The Hall–Kier alpha value is -2.53. The molecule has 2 aromatic rings. The molecule has 24 heavy (non-hydrogen) atoms. The maximum atomic E-state index is 11.5. The molecule has 1 heterocycles. The largest absolute Gasteiger partial charge is 0.371 e. The molecule has 2 aromatic carbocycles. The van der Waals surface area contributed by atoms with E-state index in [1.165, 1.54) is 23.9 Å². The van der Waals surface area contributed by atoms with Gasteiger partial charge in [-0.2, -0.15) is 5.06 Å². The van der Waals surface area contributed by atoms with Gasteiger partial charge in [-0.15, -0.1) is 0 Å². The number of nitrogens with one attached hydrogen (secondary N) is 1. The van der Waals surface area contributed by atoms with Crippen molar-refractivity contribution in [1.82, 2.24) is 5.32 Å². The van der Waals surface area contributed by atoms with E-state index in [1.807, 2.05) is 18.2 Å². The molecule has 1 aliphatic heterocycles. The van der Waals surface area contributed by atoms with Crippen LogP contribution in [-0.4, -0.2) is 31.4 Å². The first-order valence-corrected chi connectivity index (χ1v) is 8.31. The molecule has 3 rings (SSSR count). The highest BCUT2D eigenvalue weighted by molar-refractivity contribution is 5.89. The molecule has 0 spiro atoms. The lowest BCUT2D eigenvalue weighted by Crippen LogP contribution is -2.35. The Kier molecular flexibility index (Phi) is 5.01. The summed E-state index contributed by atoms with van der Waals surface area (Å²) in [4.78, 5) is 13.9. The van der Waals surface area contributed by atoms with Crippen molar-refractivity contribution in [2.75, 3.05) is 30.1 Å². The fourth-order valence-electron chi connectivity index (χ4n) is 3.16. The first-order chi connectivity index (χ1) is 11.7. The molecule has 0 radical (unpaired) electrons. The molecule has 0 bridgehead atoms. The summed E-state index contributed by atoms with van der Waals surface area (Å²) >= 11 is 0. The molecule has 126 valence electrons. The van der Waals surface area contributed by atoms with Crippen molar-refractivity contribution < 1.29 is 10.0 Å². The Labute approximate surface area is 142 Å². The van der Waals surface area contributed by atoms with Crippen LogP contribution in [0.2, 0.25) is 0 Å². The van der Waals surface area contributed by atoms with Crippen molar-refractivity contribution in [3.8, 4) is 0 Å². The first kappa shape index (κ1) is 16.3. The summed E-state index contributed by atoms with van der Waals surface area (Å²) in [5.41, 5.74) is 4.25. The molecule has 0 aliphatic carbocycles. The van der Waals surface area contributed by atoms with Crippen molar-refractivity contribution in [3.05, 3.63) is 59.7 Å². The number of carbonyl (C=O) groups excluding carboxylic acids is 1. The van der Waals surface area contributed by atoms with Gasteiger partial charge in [0.1, 0.15) is 0 Å². The molecular weight excluding hydrogens is 302 g/mol. The third-order valence-corrected chi connectivity index (χ3v) is 4.44. The molecule has 5 nitrogen and oxygen atoms in total. The van der Waals surface area contributed by atoms with Gasteiger partial charge >= 0.3 is 6.03 Å². The number of nitrogens with zero attached hydrogens (tertiary/aromatic N) is 2. The smallest absolute Gasteiger partial charge is 0.345 e. The lowest BCUT2D eigenvalue weighted by Gasteiger charge is -2.20. The maximum absolute atomic E-state index is 11.5. The number of hydrogen-bond acceptors (Lipinski definition) is 3. The molecule has 1 aliphatic rings. The van der Waals surface area contributed by atoms with E-state index >= 15 is 0 Å². The number of fused-ring (bicyclic) bond motifs is 1. The van der Waals surface area contributed by atoms with Crippen LogP contribution in [0.3, 0.4) is 0 Å². The first-order valence-electron chi connectivity index (χ1n) is 8.31. The van der Waals surface area contributed by atoms with Crippen molar-refractivity contribution >= 4 is 17.4 Å². The van der Waals surface area contributed by atoms with Crippen LogP contribution >= 0.6 is 0 Å². The van der Waals surface area contributed by atoms with Crippen molar-refractivity contribution in [2.24, 2.45) is 0 Å². The average molecular weight is 325 g/mol. The van der Waals surface area contributed by atoms with E-state index in [2.05, 4.69) is 34.5 Å². The highest BCUT2D eigenvalue weighted by Gasteiger charge is 2.21. The van der Waals surface area contributed by atoms with Gasteiger partial charge in [-0.25, -0.2) is 4.79 Å². The van der Waals surface area contributed by atoms with Crippen LogP contribution in [-0.2, 0) is 12.8 Å². The highest BCUT2D eigenvalue weighted by Crippen LogP contribution is 2.31. The minimum absolute atomic E-state index is 0.499. The van der Waals surface area contributed by atoms with E-state index in [4.69, 9.17) is 0 Å². The van der Waals surface area contributed by atoms with Crippen LogP contribution in [0.5, 0.6) is 0 Å². The number of rotatable bonds is 5. The fraction of sp³-hybridized carbons (Fsp3) is 0.316. The predicted octanol–water partition coefficient (Wildman–Crippen LogP) is 3.22. The Morgan fingerprint density at radius 1 is 1.25 bits per heavy atom. The third kappa shape index (κ3) is 3.51. The normalized spacial score (nSPS) is 12.8. The van der Waals surface area contributed by atoms with Crippen molar-refractivity contribution in [2.45, 2.75) is 19.3 Å². The molecular formula is C19H23N3O2. The van der Waals surface area contributed by atoms with E-state index < -0.39 is 6.03 Å². The van der Waals surface area contributed by atoms with Crippen LogP contribution in [0, 0.1) is 0 Å². The van der Waals surface area contributed by atoms with E-state index in [-0.39, 0.29) is 0 Å². The van der Waals surface area contributed by atoms with E-state index in [0.717, 1.165) is 32.4 Å². The molecule has 0 saturated heterocycles. The summed E-state index contributed by atoms with van der Waals surface area (Å²) in [6, 6.07) is 15.7. The Morgan fingerprint density at radius 3 is 2.79 bits per heavy atom. The van der Waals surface area contributed by atoms with Gasteiger partial charge < -0.3 is 10.2 Å². The number of benzene rings is 2. The van der Waals surface area contributed by atoms with Gasteiger partial charge in [0.05, 0.1) is 5.69 Å². The highest BCUT2D eigenvalue weighted by atomic mass is 16.5. The van der Waals surface area contributed by atoms with Crippen LogP contribution < -0.4 is 15.3 Å². The fourth-order valence-corrected chi connectivity index (χ4v) is 3.16. The monoisotopic (exact) mass is 325 g/mol. The number of hydrogen-bond donors (Lipinski definition) is 2. The Balaban J connectivity index is 1.61. The van der Waals surface area contributed by atoms with E-state index in [1.54, 1.807) is 6.07 Å². The van der Waals surface area contributed by atoms with Crippen LogP contribution in [0.4, 0.5) is 16.2 Å². The summed E-state index contributed by atoms with van der Waals surface area (Å²) < 4.78 is 0. The number of urea groups is 1. The van der Waals surface area contributed by atoms with Crippen LogP contribution in [0.25, 0.3) is 0 Å². The second kappa shape index (κ2) is 7.36. The third-order valence-electron chi connectivity index (χ3n) is 4.44. The zero-order valence-corrected chi connectivity index (χ0v) is 13.9. The Morgan fingerprint density at radius 2 is 2.04 bits per heavy atom. The molecule has 2 N–H and O–H groups in total. The Bertz CT molecular complexity index is 703. The van der Waals surface area contributed by atoms with Crippen LogP contribution in [0.15, 0.2) is 48.5 Å². The second-order valence-electron chi connectivity index (χ2n) is 6.01. The summed E-state index contributed by atoms with van der Waals surface area (Å²) in [6.45, 7) is 2.00. The van der Waals surface area contributed by atoms with Gasteiger partial charge in [0.15, 0.2) is 0 Å². The number of aryl methyl sites for hydroxylation is 1. The van der Waals surface area contributed by atoms with Gasteiger partial charge in [-0.1, -0.05) is 30.3 Å². The van der Waals surface area contributed by atoms with Crippen LogP contribution in [0.1, 0.15) is 17.5 Å². The maximum Gasteiger partial charge on any atom is 0.345 e. The molecule has 0 saturated carbocycles. The lowest BCUT2D eigenvalue weighted by molar-refractivity contribution is 0.206. The summed E-state index contributed by atoms with van der Waals surface area (Å²) in [5.74, 6) is 0. The zero-order valence-electron chi connectivity index (χ0n) is 13.9. The van der Waals surface area contributed by atoms with Crippen molar-refractivity contribution in [1.29, 1.82) is 0 Å². The van der Waals surface area contributed by atoms with Gasteiger partial charge in [-0.05, 0) is 48.6 Å². The van der Waals surface area contributed by atoms with Crippen molar-refractivity contribution in [3.63, 3.8) is 0 Å². The number of carbonyl (C=O) groups is 1. The van der Waals surface area contributed by atoms with Gasteiger partial charge in [0, 0.05) is 25.8 Å². The molecule has 0 atom stereocenters. The average Bonchev–Trinajstić information content (AvgIpc) is 3.03. The minimum atomic E-state index is -0.535. The SMILES string of the molecule is CNC(=O)N(O)c1ccc2c(c1)CCN2CCCc1ccccc1. The van der Waals surface area contributed by atoms with Gasteiger partial charge in [0.25, 0.3) is 0 Å². The molecule has 5 heteroatoms. The van der Waals surface area contributed by atoms with Gasteiger partial charge in [0.2, 0.25) is 0 Å². The quantitative estimate of drug-likeness (QED) is 0.655. The topological polar surface area (TPSA) is 55.8 Å². The zero-order chi connectivity index (χ0) is 16.9. The number of hydroxylamine groups is 1. The molecule has 0 fully saturated rings. The molecule has 0 unspecified atom stereocenters. The van der Waals surface area contributed by atoms with E-state index in [0.29, 0.717) is 10.8 Å². The molecule has 2 amide bonds. The number of anilines is 2. The summed E-state index contributed by atoms with van der Waals surface area (Å²) in [7, 11) is 1.49. The summed E-state index contributed by atoms with van der Waals surface area (Å²) in [6.07, 6.45) is 3.12. The molecule has 0 aromatic heterocycles. The lowest BCUT2D eigenvalue weighted by atomic mass is 10.1.